The van der Waals surface area contributed by atoms with E-state index in [1.165, 1.54) is 0 Å². The Labute approximate surface area is 124 Å². The summed E-state index contributed by atoms with van der Waals surface area (Å²) in [6.07, 6.45) is 5.11. The maximum Gasteiger partial charge on any atom is 0.273 e. The van der Waals surface area contributed by atoms with Gasteiger partial charge in [-0.3, -0.25) is 15.0 Å². The molecule has 1 saturated carbocycles. The molecule has 1 saturated heterocycles. The lowest BCUT2D eigenvalue weighted by molar-refractivity contribution is -0.385. The van der Waals surface area contributed by atoms with Crippen LogP contribution in [0.2, 0.25) is 0 Å². The number of aliphatic hydroxyl groups excluding tert-OH is 1. The van der Waals surface area contributed by atoms with E-state index in [0.29, 0.717) is 18.5 Å². The van der Waals surface area contributed by atoms with Crippen LogP contribution in [0.4, 0.5) is 5.69 Å². The van der Waals surface area contributed by atoms with Crippen LogP contribution in [0.3, 0.4) is 0 Å². The minimum Gasteiger partial charge on any atom is -0.393 e. The number of benzene rings is 1. The van der Waals surface area contributed by atoms with E-state index in [1.54, 1.807) is 12.1 Å². The smallest absolute Gasteiger partial charge is 0.273 e. The molecule has 5 heteroatoms. The van der Waals surface area contributed by atoms with Crippen LogP contribution in [0.15, 0.2) is 24.3 Å². The summed E-state index contributed by atoms with van der Waals surface area (Å²) in [5.41, 5.74) is 0.983. The fraction of sp³-hybridized carbons (Fsp3) is 0.625. The van der Waals surface area contributed by atoms with Crippen molar-refractivity contribution in [3.8, 4) is 0 Å². The summed E-state index contributed by atoms with van der Waals surface area (Å²) in [4.78, 5) is 13.2. The van der Waals surface area contributed by atoms with Crippen LogP contribution < -0.4 is 0 Å². The second-order valence-corrected chi connectivity index (χ2v) is 6.23. The van der Waals surface area contributed by atoms with Gasteiger partial charge in [0.05, 0.1) is 11.0 Å². The van der Waals surface area contributed by atoms with E-state index in [-0.39, 0.29) is 16.7 Å². The number of hydrogen-bond donors (Lipinski definition) is 1. The van der Waals surface area contributed by atoms with Crippen molar-refractivity contribution in [1.82, 2.24) is 4.90 Å². The summed E-state index contributed by atoms with van der Waals surface area (Å²) in [6.45, 7) is 1.59. The summed E-state index contributed by atoms with van der Waals surface area (Å²) >= 11 is 0. The molecule has 0 bridgehead atoms. The molecule has 1 N–H and O–H groups in total. The number of nitrogens with zero attached hydrogens (tertiary/aromatic N) is 2. The van der Waals surface area contributed by atoms with Gasteiger partial charge in [-0.15, -0.1) is 0 Å². The maximum atomic E-state index is 11.1. The molecule has 114 valence electrons. The van der Waals surface area contributed by atoms with E-state index in [9.17, 15) is 15.2 Å². The Morgan fingerprint density at radius 1 is 1.24 bits per heavy atom. The van der Waals surface area contributed by atoms with Gasteiger partial charge in [0.1, 0.15) is 0 Å². The first-order valence-corrected chi connectivity index (χ1v) is 7.81. The summed E-state index contributed by atoms with van der Waals surface area (Å²) in [6, 6.07) is 7.37. The minimum absolute atomic E-state index is 0.193. The molecule has 3 unspecified atom stereocenters. The summed E-state index contributed by atoms with van der Waals surface area (Å²) < 4.78 is 0. The lowest BCUT2D eigenvalue weighted by Gasteiger charge is -2.31. The predicted octanol–water partition coefficient (Wildman–Crippen LogP) is 2.72. The van der Waals surface area contributed by atoms with Crippen molar-refractivity contribution < 1.29 is 10.0 Å². The number of likely N-dealkylation sites (tertiary alicyclic amines) is 1. The van der Waals surface area contributed by atoms with E-state index < -0.39 is 0 Å². The van der Waals surface area contributed by atoms with E-state index in [0.717, 1.165) is 44.2 Å². The van der Waals surface area contributed by atoms with Crippen LogP contribution in [-0.2, 0) is 6.54 Å². The minimum atomic E-state index is -0.301. The van der Waals surface area contributed by atoms with Crippen molar-refractivity contribution in [2.45, 2.75) is 50.8 Å². The number of aliphatic hydroxyl groups is 1. The molecule has 3 rings (SSSR count). The van der Waals surface area contributed by atoms with Gasteiger partial charge in [-0.2, -0.15) is 0 Å². The van der Waals surface area contributed by atoms with Crippen LogP contribution >= 0.6 is 0 Å². The zero-order chi connectivity index (χ0) is 14.8. The summed E-state index contributed by atoms with van der Waals surface area (Å²) in [7, 11) is 0. The van der Waals surface area contributed by atoms with E-state index in [2.05, 4.69) is 4.90 Å². The van der Waals surface area contributed by atoms with Crippen molar-refractivity contribution in [2.75, 3.05) is 6.54 Å². The predicted molar refractivity (Wildman–Crippen MR) is 79.9 cm³/mol. The van der Waals surface area contributed by atoms with Gasteiger partial charge >= 0.3 is 0 Å². The van der Waals surface area contributed by atoms with Gasteiger partial charge in [-0.1, -0.05) is 24.6 Å². The average molecular weight is 290 g/mol. The fourth-order valence-electron chi connectivity index (χ4n) is 3.99. The molecule has 5 nitrogen and oxygen atoms in total. The molecule has 0 amide bonds. The Morgan fingerprint density at radius 2 is 2.05 bits per heavy atom. The maximum absolute atomic E-state index is 11.1. The quantitative estimate of drug-likeness (QED) is 0.684. The van der Waals surface area contributed by atoms with Crippen molar-refractivity contribution in [3.05, 3.63) is 39.9 Å². The van der Waals surface area contributed by atoms with Crippen LogP contribution in [0.1, 0.15) is 37.7 Å². The van der Waals surface area contributed by atoms with Crippen molar-refractivity contribution in [1.29, 1.82) is 0 Å². The molecule has 1 aromatic carbocycles. The first-order chi connectivity index (χ1) is 10.2. The number of para-hydroxylation sites is 1. The number of hydrogen-bond acceptors (Lipinski definition) is 4. The van der Waals surface area contributed by atoms with Gasteiger partial charge < -0.3 is 5.11 Å². The van der Waals surface area contributed by atoms with E-state index in [4.69, 9.17) is 0 Å². The van der Waals surface area contributed by atoms with Gasteiger partial charge in [0, 0.05) is 30.1 Å². The number of rotatable bonds is 4. The second kappa shape index (κ2) is 6.12. The molecule has 1 aliphatic heterocycles. The lowest BCUT2D eigenvalue weighted by atomic mass is 9.94. The average Bonchev–Trinajstić information content (AvgIpc) is 3.08. The van der Waals surface area contributed by atoms with Gasteiger partial charge in [-0.25, -0.2) is 0 Å². The van der Waals surface area contributed by atoms with Crippen molar-refractivity contribution in [3.63, 3.8) is 0 Å². The highest BCUT2D eigenvalue weighted by atomic mass is 16.6. The SMILES string of the molecule is O=[N+]([O-])c1ccccc1CN1CCCC1C1CCCC1O. The summed E-state index contributed by atoms with van der Waals surface area (Å²) in [5.74, 6) is 0.343. The largest absolute Gasteiger partial charge is 0.393 e. The highest BCUT2D eigenvalue weighted by Gasteiger charge is 2.38. The molecule has 0 radical (unpaired) electrons. The fourth-order valence-corrected chi connectivity index (χ4v) is 3.99. The third-order valence-corrected chi connectivity index (χ3v) is 5.00. The second-order valence-electron chi connectivity index (χ2n) is 6.23. The Kier molecular flexibility index (Phi) is 4.22. The third kappa shape index (κ3) is 2.94. The van der Waals surface area contributed by atoms with Gasteiger partial charge in [-0.05, 0) is 32.2 Å². The number of nitro benzene ring substituents is 1. The molecular weight excluding hydrogens is 268 g/mol. The molecule has 1 aliphatic carbocycles. The van der Waals surface area contributed by atoms with Crippen LogP contribution in [0.5, 0.6) is 0 Å². The van der Waals surface area contributed by atoms with Gasteiger partial charge in [0.2, 0.25) is 0 Å². The molecule has 2 fully saturated rings. The molecule has 3 atom stereocenters. The zero-order valence-electron chi connectivity index (χ0n) is 12.1. The lowest BCUT2D eigenvalue weighted by Crippen LogP contribution is -2.38. The Balaban J connectivity index is 1.76. The molecule has 21 heavy (non-hydrogen) atoms. The monoisotopic (exact) mass is 290 g/mol. The normalized spacial score (nSPS) is 29.9. The van der Waals surface area contributed by atoms with E-state index in [1.807, 2.05) is 12.1 Å². The molecule has 1 aromatic rings. The van der Waals surface area contributed by atoms with Gasteiger partial charge in [0.15, 0.2) is 0 Å². The van der Waals surface area contributed by atoms with E-state index >= 15 is 0 Å². The molecule has 1 heterocycles. The Morgan fingerprint density at radius 3 is 2.76 bits per heavy atom. The third-order valence-electron chi connectivity index (χ3n) is 5.00. The van der Waals surface area contributed by atoms with Crippen LogP contribution in [-0.4, -0.2) is 33.6 Å². The Hall–Kier alpha value is -1.46. The summed E-state index contributed by atoms with van der Waals surface area (Å²) in [5, 5.41) is 21.3. The van der Waals surface area contributed by atoms with Crippen LogP contribution in [0.25, 0.3) is 0 Å². The van der Waals surface area contributed by atoms with Crippen LogP contribution in [0, 0.1) is 16.0 Å². The van der Waals surface area contributed by atoms with Crippen molar-refractivity contribution in [2.24, 2.45) is 5.92 Å². The molecule has 2 aliphatic rings. The first kappa shape index (κ1) is 14.5. The molecular formula is C16H22N2O3. The Bertz CT molecular complexity index is 520. The first-order valence-electron chi connectivity index (χ1n) is 7.81. The molecule has 0 spiro atoms. The standard InChI is InChI=1S/C16H22N2O3/c19-16-9-3-6-13(16)15-8-4-10-17(15)11-12-5-1-2-7-14(12)18(20)21/h1-2,5,7,13,15-16,19H,3-4,6,8-11H2. The highest BCUT2D eigenvalue weighted by molar-refractivity contribution is 5.39. The zero-order valence-corrected chi connectivity index (χ0v) is 12.1. The highest BCUT2D eigenvalue weighted by Crippen LogP contribution is 2.37. The topological polar surface area (TPSA) is 66.6 Å². The number of nitro groups is 1. The molecule has 0 aromatic heterocycles. The van der Waals surface area contributed by atoms with Crippen molar-refractivity contribution >= 4 is 5.69 Å². The van der Waals surface area contributed by atoms with Gasteiger partial charge in [0.25, 0.3) is 5.69 Å².